The standard InChI is InChI=1S/C16H17ClN2O2S/c1-12-3-7-14(8-4-12)16(11-17)18-19-22(20,21)15-9-5-13(2)6-10-15/h3-10,19H,11H2,1-2H3/b18-16+. The third-order valence-electron chi connectivity index (χ3n) is 3.14. The molecule has 1 N–H and O–H groups in total. The van der Waals surface area contributed by atoms with Crippen LogP contribution in [0.25, 0.3) is 0 Å². The van der Waals surface area contributed by atoms with Crippen molar-refractivity contribution in [3.05, 3.63) is 65.2 Å². The van der Waals surface area contributed by atoms with E-state index in [1.165, 1.54) is 0 Å². The van der Waals surface area contributed by atoms with Gasteiger partial charge < -0.3 is 0 Å². The number of alkyl halides is 1. The molecule has 2 rings (SSSR count). The minimum atomic E-state index is -3.69. The summed E-state index contributed by atoms with van der Waals surface area (Å²) in [6.45, 7) is 3.87. The minimum absolute atomic E-state index is 0.111. The molecule has 0 aliphatic heterocycles. The number of nitrogens with one attached hydrogen (secondary N) is 1. The molecule has 4 nitrogen and oxygen atoms in total. The highest BCUT2D eigenvalue weighted by molar-refractivity contribution is 7.89. The molecule has 0 fully saturated rings. The molecule has 22 heavy (non-hydrogen) atoms. The lowest BCUT2D eigenvalue weighted by Gasteiger charge is -2.07. The summed E-state index contributed by atoms with van der Waals surface area (Å²) in [4.78, 5) is 2.40. The van der Waals surface area contributed by atoms with Crippen molar-refractivity contribution in [3.8, 4) is 0 Å². The molecule has 0 spiro atoms. The van der Waals surface area contributed by atoms with Crippen LogP contribution in [0.1, 0.15) is 16.7 Å². The molecule has 0 heterocycles. The van der Waals surface area contributed by atoms with Gasteiger partial charge in [0, 0.05) is 0 Å². The Morgan fingerprint density at radius 3 is 2.00 bits per heavy atom. The number of hydrazone groups is 1. The average Bonchev–Trinajstić information content (AvgIpc) is 2.50. The molecule has 0 saturated heterocycles. The predicted molar refractivity (Wildman–Crippen MR) is 89.9 cm³/mol. The molecule has 0 amide bonds. The molecule has 0 aromatic heterocycles. The van der Waals surface area contributed by atoms with Gasteiger partial charge in [0.05, 0.1) is 16.5 Å². The second kappa shape index (κ2) is 6.94. The molecule has 116 valence electrons. The van der Waals surface area contributed by atoms with Gasteiger partial charge in [-0.3, -0.25) is 0 Å². The van der Waals surface area contributed by atoms with E-state index in [9.17, 15) is 8.42 Å². The van der Waals surface area contributed by atoms with Crippen molar-refractivity contribution in [3.63, 3.8) is 0 Å². The Balaban J connectivity index is 2.24. The number of sulfonamides is 1. The lowest BCUT2D eigenvalue weighted by molar-refractivity contribution is 0.584. The van der Waals surface area contributed by atoms with E-state index in [2.05, 4.69) is 9.93 Å². The predicted octanol–water partition coefficient (Wildman–Crippen LogP) is 3.22. The lowest BCUT2D eigenvalue weighted by atomic mass is 10.1. The van der Waals surface area contributed by atoms with Gasteiger partial charge in [-0.1, -0.05) is 47.5 Å². The lowest BCUT2D eigenvalue weighted by Crippen LogP contribution is -2.21. The average molecular weight is 337 g/mol. The van der Waals surface area contributed by atoms with Gasteiger partial charge in [0.2, 0.25) is 0 Å². The summed E-state index contributed by atoms with van der Waals surface area (Å²) < 4.78 is 24.4. The molecule has 6 heteroatoms. The van der Waals surface area contributed by atoms with Crippen molar-refractivity contribution in [1.82, 2.24) is 4.83 Å². The van der Waals surface area contributed by atoms with E-state index in [-0.39, 0.29) is 10.8 Å². The number of rotatable bonds is 5. The first-order valence-electron chi connectivity index (χ1n) is 6.70. The zero-order valence-electron chi connectivity index (χ0n) is 12.4. The van der Waals surface area contributed by atoms with Crippen LogP contribution in [-0.2, 0) is 10.0 Å². The maximum absolute atomic E-state index is 12.2. The molecule has 2 aromatic rings. The summed E-state index contributed by atoms with van der Waals surface area (Å²) in [6, 6.07) is 14.1. The van der Waals surface area contributed by atoms with Gasteiger partial charge in [0.1, 0.15) is 0 Å². The highest BCUT2D eigenvalue weighted by Gasteiger charge is 2.13. The van der Waals surface area contributed by atoms with E-state index in [1.807, 2.05) is 38.1 Å². The number of hydrogen-bond acceptors (Lipinski definition) is 3. The third-order valence-corrected chi connectivity index (χ3v) is 4.62. The molecule has 2 aromatic carbocycles. The first kappa shape index (κ1) is 16.5. The van der Waals surface area contributed by atoms with E-state index in [4.69, 9.17) is 11.6 Å². The molecule has 0 radical (unpaired) electrons. The van der Waals surface area contributed by atoms with Crippen LogP contribution in [0.3, 0.4) is 0 Å². The maximum atomic E-state index is 12.2. The van der Waals surface area contributed by atoms with Crippen molar-refractivity contribution < 1.29 is 8.42 Å². The van der Waals surface area contributed by atoms with Gasteiger partial charge in [-0.25, -0.2) is 0 Å². The van der Waals surface area contributed by atoms with E-state index in [1.54, 1.807) is 24.3 Å². The quantitative estimate of drug-likeness (QED) is 0.517. The van der Waals surface area contributed by atoms with Crippen LogP contribution in [-0.4, -0.2) is 20.0 Å². The number of aryl methyl sites for hydroxylation is 2. The number of hydrogen-bond donors (Lipinski definition) is 1. The molecule has 0 aliphatic carbocycles. The first-order chi connectivity index (χ1) is 10.4. The molecular weight excluding hydrogens is 320 g/mol. The van der Waals surface area contributed by atoms with Gasteiger partial charge in [0.15, 0.2) is 0 Å². The fraction of sp³-hybridized carbons (Fsp3) is 0.188. The second-order valence-electron chi connectivity index (χ2n) is 4.97. The van der Waals surface area contributed by atoms with Crippen molar-refractivity contribution in [2.75, 3.05) is 5.88 Å². The van der Waals surface area contributed by atoms with E-state index >= 15 is 0 Å². The van der Waals surface area contributed by atoms with Gasteiger partial charge in [0.25, 0.3) is 10.0 Å². The molecule has 0 aliphatic rings. The summed E-state index contributed by atoms with van der Waals surface area (Å²) in [5.41, 5.74) is 3.35. The van der Waals surface area contributed by atoms with Crippen LogP contribution in [0.4, 0.5) is 0 Å². The van der Waals surface area contributed by atoms with Gasteiger partial charge in [-0.05, 0) is 31.5 Å². The second-order valence-corrected chi connectivity index (χ2v) is 6.89. The van der Waals surface area contributed by atoms with E-state index in [0.29, 0.717) is 5.71 Å². The largest absolute Gasteiger partial charge is 0.276 e. The topological polar surface area (TPSA) is 58.5 Å². The third kappa shape index (κ3) is 4.08. The normalized spacial score (nSPS) is 12.2. The van der Waals surface area contributed by atoms with Crippen molar-refractivity contribution >= 4 is 27.3 Å². The Labute approximate surface area is 135 Å². The Morgan fingerprint density at radius 2 is 1.50 bits per heavy atom. The van der Waals surface area contributed by atoms with Crippen LogP contribution in [0.5, 0.6) is 0 Å². The minimum Gasteiger partial charge on any atom is -0.200 e. The number of halogens is 1. The molecule has 0 bridgehead atoms. The summed E-state index contributed by atoms with van der Waals surface area (Å²) in [5.74, 6) is 0.111. The van der Waals surface area contributed by atoms with E-state index < -0.39 is 10.0 Å². The molecule has 0 unspecified atom stereocenters. The van der Waals surface area contributed by atoms with Crippen LogP contribution >= 0.6 is 11.6 Å². The monoisotopic (exact) mass is 336 g/mol. The Bertz CT molecular complexity index is 767. The zero-order chi connectivity index (χ0) is 16.2. The van der Waals surface area contributed by atoms with Crippen molar-refractivity contribution in [2.45, 2.75) is 18.7 Å². The molecular formula is C16H17ClN2O2S. The van der Waals surface area contributed by atoms with Crippen LogP contribution in [0.15, 0.2) is 58.5 Å². The zero-order valence-corrected chi connectivity index (χ0v) is 13.9. The molecule has 0 saturated carbocycles. The number of benzene rings is 2. The Hall–Kier alpha value is -1.85. The van der Waals surface area contributed by atoms with Crippen LogP contribution < -0.4 is 4.83 Å². The summed E-state index contributed by atoms with van der Waals surface area (Å²) >= 11 is 5.87. The Morgan fingerprint density at radius 1 is 1.00 bits per heavy atom. The first-order valence-corrected chi connectivity index (χ1v) is 8.72. The van der Waals surface area contributed by atoms with Crippen molar-refractivity contribution in [1.29, 1.82) is 0 Å². The Kier molecular flexibility index (Phi) is 5.21. The van der Waals surface area contributed by atoms with Crippen molar-refractivity contribution in [2.24, 2.45) is 5.10 Å². The summed E-state index contributed by atoms with van der Waals surface area (Å²) in [7, 11) is -3.69. The van der Waals surface area contributed by atoms with Crippen LogP contribution in [0, 0.1) is 13.8 Å². The molecule has 0 atom stereocenters. The highest BCUT2D eigenvalue weighted by Crippen LogP contribution is 2.11. The van der Waals surface area contributed by atoms with Gasteiger partial charge in [-0.15, -0.1) is 11.6 Å². The fourth-order valence-electron chi connectivity index (χ4n) is 1.80. The highest BCUT2D eigenvalue weighted by atomic mass is 35.5. The fourth-order valence-corrected chi connectivity index (χ4v) is 2.85. The smallest absolute Gasteiger partial charge is 0.200 e. The summed E-state index contributed by atoms with van der Waals surface area (Å²) in [5, 5.41) is 3.96. The maximum Gasteiger partial charge on any atom is 0.276 e. The van der Waals surface area contributed by atoms with Crippen LogP contribution in [0.2, 0.25) is 0 Å². The SMILES string of the molecule is Cc1ccc(/C(CCl)=N/NS(=O)(=O)c2ccc(C)cc2)cc1. The van der Waals surface area contributed by atoms with E-state index in [0.717, 1.165) is 16.7 Å². The van der Waals surface area contributed by atoms with Gasteiger partial charge >= 0.3 is 0 Å². The van der Waals surface area contributed by atoms with Gasteiger partial charge in [-0.2, -0.15) is 18.4 Å². The summed E-state index contributed by atoms with van der Waals surface area (Å²) in [6.07, 6.45) is 0. The number of nitrogens with zero attached hydrogens (tertiary/aromatic N) is 1.